The van der Waals surface area contributed by atoms with Crippen LogP contribution >= 0.6 is 11.5 Å². The smallest absolute Gasteiger partial charge is 0.117 e. The molecule has 2 aromatic heterocycles. The van der Waals surface area contributed by atoms with Crippen LogP contribution in [0.25, 0.3) is 10.9 Å². The predicted molar refractivity (Wildman–Crippen MR) is 74.9 cm³/mol. The Labute approximate surface area is 109 Å². The van der Waals surface area contributed by atoms with Crippen LogP contribution in [0.15, 0.2) is 42.7 Å². The summed E-state index contributed by atoms with van der Waals surface area (Å²) in [5.74, 6) is 0. The lowest BCUT2D eigenvalue weighted by atomic mass is 10.2. The predicted octanol–water partition coefficient (Wildman–Crippen LogP) is 2.99. The Morgan fingerprint density at radius 1 is 1.33 bits per heavy atom. The van der Waals surface area contributed by atoms with Gasteiger partial charge in [0.15, 0.2) is 0 Å². The quantitative estimate of drug-likeness (QED) is 0.782. The van der Waals surface area contributed by atoms with Crippen molar-refractivity contribution >= 4 is 27.4 Å². The summed E-state index contributed by atoms with van der Waals surface area (Å²) >= 11 is 1.51. The molecule has 4 nitrogen and oxygen atoms in total. The van der Waals surface area contributed by atoms with E-state index in [4.69, 9.17) is 0 Å². The number of rotatable bonds is 4. The minimum absolute atomic E-state index is 0.314. The zero-order valence-electron chi connectivity index (χ0n) is 10.1. The molecule has 3 aromatic rings. The van der Waals surface area contributed by atoms with E-state index in [0.717, 1.165) is 17.1 Å². The highest BCUT2D eigenvalue weighted by Gasteiger charge is 2.08. The van der Waals surface area contributed by atoms with E-state index in [1.807, 2.05) is 35.1 Å². The molecule has 0 radical (unpaired) electrons. The zero-order valence-corrected chi connectivity index (χ0v) is 10.9. The van der Waals surface area contributed by atoms with Crippen molar-refractivity contribution in [3.63, 3.8) is 0 Å². The topological polar surface area (TPSA) is 42.7 Å². The van der Waals surface area contributed by atoms with Crippen molar-refractivity contribution < 1.29 is 0 Å². The molecular weight excluding hydrogens is 244 g/mol. The van der Waals surface area contributed by atoms with Crippen molar-refractivity contribution in [2.75, 3.05) is 5.32 Å². The van der Waals surface area contributed by atoms with Crippen LogP contribution in [0.3, 0.4) is 0 Å². The van der Waals surface area contributed by atoms with Gasteiger partial charge in [0, 0.05) is 23.8 Å². The number of hydrogen-bond donors (Lipinski definition) is 1. The molecule has 1 unspecified atom stereocenters. The van der Waals surface area contributed by atoms with Gasteiger partial charge in [-0.3, -0.25) is 4.68 Å². The summed E-state index contributed by atoms with van der Waals surface area (Å²) in [6.45, 7) is 3.00. The van der Waals surface area contributed by atoms with Crippen LogP contribution in [0.2, 0.25) is 0 Å². The minimum Gasteiger partial charge on any atom is -0.371 e. The van der Waals surface area contributed by atoms with E-state index < -0.39 is 0 Å². The molecule has 0 aliphatic rings. The fourth-order valence-electron chi connectivity index (χ4n) is 1.95. The minimum atomic E-state index is 0.314. The third kappa shape index (κ3) is 2.22. The maximum absolute atomic E-state index is 4.43. The molecule has 1 N–H and O–H groups in total. The van der Waals surface area contributed by atoms with Crippen LogP contribution in [0.4, 0.5) is 5.00 Å². The summed E-state index contributed by atoms with van der Waals surface area (Å²) in [6.07, 6.45) is 3.78. The Kier molecular flexibility index (Phi) is 2.98. The molecule has 0 fully saturated rings. The van der Waals surface area contributed by atoms with Gasteiger partial charge in [-0.15, -0.1) is 0 Å². The molecule has 2 heterocycles. The van der Waals surface area contributed by atoms with Crippen molar-refractivity contribution in [2.45, 2.75) is 19.5 Å². The highest BCUT2D eigenvalue weighted by Crippen LogP contribution is 2.27. The molecule has 1 aromatic carbocycles. The van der Waals surface area contributed by atoms with Gasteiger partial charge >= 0.3 is 0 Å². The standard InChI is InChI=1S/C13H14N4S/c1-10(9-17-8-4-7-14-17)15-13-11-5-2-3-6-12(11)16-18-13/h2-8,10,15H,9H2,1H3. The summed E-state index contributed by atoms with van der Waals surface area (Å²) in [6, 6.07) is 10.4. The number of fused-ring (bicyclic) bond motifs is 1. The SMILES string of the molecule is CC(Cn1cccn1)Nc1snc2ccccc12. The Morgan fingerprint density at radius 3 is 3.06 bits per heavy atom. The molecule has 0 bridgehead atoms. The van der Waals surface area contributed by atoms with E-state index in [1.165, 1.54) is 16.9 Å². The summed E-state index contributed by atoms with van der Waals surface area (Å²) < 4.78 is 6.36. The molecular formula is C13H14N4S. The number of nitrogens with zero attached hydrogens (tertiary/aromatic N) is 3. The fourth-order valence-corrected chi connectivity index (χ4v) is 2.83. The second-order valence-corrected chi connectivity index (χ2v) is 5.08. The van der Waals surface area contributed by atoms with Gasteiger partial charge in [-0.25, -0.2) is 0 Å². The lowest BCUT2D eigenvalue weighted by Gasteiger charge is -2.13. The third-order valence-electron chi connectivity index (χ3n) is 2.78. The van der Waals surface area contributed by atoms with Crippen molar-refractivity contribution in [1.82, 2.24) is 14.2 Å². The number of anilines is 1. The lowest BCUT2D eigenvalue weighted by Crippen LogP contribution is -2.21. The van der Waals surface area contributed by atoms with Crippen molar-refractivity contribution in [1.29, 1.82) is 0 Å². The molecule has 0 spiro atoms. The Hall–Kier alpha value is -1.88. The van der Waals surface area contributed by atoms with Gasteiger partial charge in [-0.1, -0.05) is 12.1 Å². The molecule has 18 heavy (non-hydrogen) atoms. The summed E-state index contributed by atoms with van der Waals surface area (Å²) in [5.41, 5.74) is 1.05. The van der Waals surface area contributed by atoms with E-state index >= 15 is 0 Å². The van der Waals surface area contributed by atoms with E-state index in [9.17, 15) is 0 Å². The first-order valence-electron chi connectivity index (χ1n) is 5.91. The Balaban J connectivity index is 1.76. The van der Waals surface area contributed by atoms with Crippen LogP contribution in [0.1, 0.15) is 6.92 Å². The molecule has 0 saturated heterocycles. The first kappa shape index (κ1) is 11.2. The summed E-state index contributed by atoms with van der Waals surface area (Å²) in [7, 11) is 0. The summed E-state index contributed by atoms with van der Waals surface area (Å²) in [4.78, 5) is 0. The molecule has 0 amide bonds. The molecule has 1 atom stereocenters. The van der Waals surface area contributed by atoms with Gasteiger partial charge < -0.3 is 5.32 Å². The van der Waals surface area contributed by atoms with Gasteiger partial charge in [0.05, 0.1) is 12.1 Å². The van der Waals surface area contributed by atoms with E-state index in [0.29, 0.717) is 6.04 Å². The summed E-state index contributed by atoms with van der Waals surface area (Å²) in [5, 5.41) is 10.0. The second kappa shape index (κ2) is 4.78. The van der Waals surface area contributed by atoms with Crippen molar-refractivity contribution in [3.05, 3.63) is 42.7 Å². The highest BCUT2D eigenvalue weighted by molar-refractivity contribution is 7.11. The first-order valence-corrected chi connectivity index (χ1v) is 6.68. The molecule has 0 saturated carbocycles. The van der Waals surface area contributed by atoms with Gasteiger partial charge in [0.1, 0.15) is 5.00 Å². The van der Waals surface area contributed by atoms with Gasteiger partial charge in [0.2, 0.25) is 0 Å². The maximum Gasteiger partial charge on any atom is 0.117 e. The largest absolute Gasteiger partial charge is 0.371 e. The van der Waals surface area contributed by atoms with Gasteiger partial charge in [-0.05, 0) is 36.7 Å². The van der Waals surface area contributed by atoms with Crippen LogP contribution in [0.5, 0.6) is 0 Å². The average molecular weight is 258 g/mol. The number of nitrogens with one attached hydrogen (secondary N) is 1. The highest BCUT2D eigenvalue weighted by atomic mass is 32.1. The lowest BCUT2D eigenvalue weighted by molar-refractivity contribution is 0.562. The second-order valence-electron chi connectivity index (χ2n) is 4.30. The molecule has 3 rings (SSSR count). The van der Waals surface area contributed by atoms with Crippen molar-refractivity contribution in [2.24, 2.45) is 0 Å². The van der Waals surface area contributed by atoms with Crippen LogP contribution in [-0.4, -0.2) is 20.2 Å². The van der Waals surface area contributed by atoms with E-state index in [1.54, 1.807) is 6.20 Å². The van der Waals surface area contributed by atoms with Gasteiger partial charge in [-0.2, -0.15) is 9.47 Å². The normalized spacial score (nSPS) is 12.7. The molecule has 0 aliphatic carbocycles. The van der Waals surface area contributed by atoms with Gasteiger partial charge in [0.25, 0.3) is 0 Å². The first-order chi connectivity index (χ1) is 8.83. The van der Waals surface area contributed by atoms with Crippen LogP contribution < -0.4 is 5.32 Å². The maximum atomic E-state index is 4.43. The number of hydrogen-bond acceptors (Lipinski definition) is 4. The number of benzene rings is 1. The Bertz CT molecular complexity index is 629. The molecule has 0 aliphatic heterocycles. The average Bonchev–Trinajstić information content (AvgIpc) is 3.00. The number of aromatic nitrogens is 3. The molecule has 5 heteroatoms. The zero-order chi connectivity index (χ0) is 12.4. The fraction of sp³-hybridized carbons (Fsp3) is 0.231. The third-order valence-corrected chi connectivity index (χ3v) is 3.59. The Morgan fingerprint density at radius 2 is 2.22 bits per heavy atom. The van der Waals surface area contributed by atoms with E-state index in [-0.39, 0.29) is 0 Å². The van der Waals surface area contributed by atoms with Crippen molar-refractivity contribution in [3.8, 4) is 0 Å². The molecule has 92 valence electrons. The van der Waals surface area contributed by atoms with E-state index in [2.05, 4.69) is 27.8 Å². The van der Waals surface area contributed by atoms with Crippen LogP contribution in [0, 0.1) is 0 Å². The van der Waals surface area contributed by atoms with Crippen LogP contribution in [-0.2, 0) is 6.54 Å². The monoisotopic (exact) mass is 258 g/mol.